The molecule has 0 saturated carbocycles. The lowest BCUT2D eigenvalue weighted by Gasteiger charge is -2.32. The smallest absolute Gasteiger partial charge is 0.262 e. The van der Waals surface area contributed by atoms with Crippen LogP contribution in [0.2, 0.25) is 0 Å². The van der Waals surface area contributed by atoms with Crippen LogP contribution >= 0.6 is 0 Å². The predicted molar refractivity (Wildman–Crippen MR) is 118 cm³/mol. The zero-order chi connectivity index (χ0) is 21.0. The van der Waals surface area contributed by atoms with Crippen molar-refractivity contribution in [1.29, 1.82) is 0 Å². The van der Waals surface area contributed by atoms with E-state index in [-0.39, 0.29) is 18.6 Å². The van der Waals surface area contributed by atoms with Gasteiger partial charge in [0.15, 0.2) is 6.61 Å². The summed E-state index contributed by atoms with van der Waals surface area (Å²) in [5.74, 6) is 1.99. The largest absolute Gasteiger partial charge is 0.490 e. The average Bonchev–Trinajstić information content (AvgIpc) is 2.80. The first kappa shape index (κ1) is 19.6. The van der Waals surface area contributed by atoms with Gasteiger partial charge < -0.3 is 19.5 Å². The summed E-state index contributed by atoms with van der Waals surface area (Å²) in [5, 5.41) is 5.00. The van der Waals surface area contributed by atoms with Crippen molar-refractivity contribution in [2.24, 2.45) is 0 Å². The minimum Gasteiger partial charge on any atom is -0.490 e. The fourth-order valence-electron chi connectivity index (χ4n) is 4.06. The van der Waals surface area contributed by atoms with Gasteiger partial charge >= 0.3 is 0 Å². The van der Waals surface area contributed by atoms with Crippen molar-refractivity contribution in [2.45, 2.75) is 18.9 Å². The summed E-state index contributed by atoms with van der Waals surface area (Å²) in [6.45, 7) is 3.45. The fraction of sp³-hybridized carbons (Fsp3) is 0.333. The SMILES string of the molecule is O=C1COc2ccc(OC3CCN(CCOc4nccc5ccccc45)CC3)cc2N1. The summed E-state index contributed by atoms with van der Waals surface area (Å²) in [5.41, 5.74) is 0.672. The number of piperidine rings is 1. The molecule has 5 rings (SSSR count). The monoisotopic (exact) mass is 419 g/mol. The van der Waals surface area contributed by atoms with Crippen molar-refractivity contribution in [1.82, 2.24) is 9.88 Å². The predicted octanol–water partition coefficient (Wildman–Crippen LogP) is 3.49. The molecule has 160 valence electrons. The Labute approximate surface area is 180 Å². The van der Waals surface area contributed by atoms with Gasteiger partial charge in [0, 0.05) is 37.3 Å². The number of hydrogen-bond acceptors (Lipinski definition) is 6. The molecule has 0 spiro atoms. The molecular formula is C24H25N3O4. The molecule has 1 amide bonds. The van der Waals surface area contributed by atoms with E-state index in [1.54, 1.807) is 6.20 Å². The second-order valence-electron chi connectivity index (χ2n) is 7.84. The zero-order valence-electron chi connectivity index (χ0n) is 17.3. The van der Waals surface area contributed by atoms with Crippen molar-refractivity contribution < 1.29 is 19.0 Å². The highest BCUT2D eigenvalue weighted by Crippen LogP contribution is 2.32. The van der Waals surface area contributed by atoms with Crippen LogP contribution in [0.5, 0.6) is 17.4 Å². The Kier molecular flexibility index (Phi) is 5.58. The molecule has 2 aromatic carbocycles. The maximum absolute atomic E-state index is 11.5. The molecule has 7 heteroatoms. The molecule has 3 aromatic rings. The van der Waals surface area contributed by atoms with Gasteiger partial charge in [0.2, 0.25) is 5.88 Å². The van der Waals surface area contributed by atoms with Crippen molar-refractivity contribution >= 4 is 22.4 Å². The van der Waals surface area contributed by atoms with Gasteiger partial charge in [0.1, 0.15) is 24.2 Å². The first-order chi connectivity index (χ1) is 15.2. The standard InChI is InChI=1S/C24H25N3O4/c28-23-16-30-22-6-5-19(15-21(22)26-23)31-18-8-11-27(12-9-18)13-14-29-24-20-4-2-1-3-17(20)7-10-25-24/h1-7,10,15,18H,8-9,11-14,16H2,(H,26,28). The van der Waals surface area contributed by atoms with E-state index >= 15 is 0 Å². The van der Waals surface area contributed by atoms with Gasteiger partial charge in [-0.2, -0.15) is 0 Å². The minimum atomic E-state index is -0.140. The molecule has 0 atom stereocenters. The van der Waals surface area contributed by atoms with E-state index in [9.17, 15) is 4.79 Å². The van der Waals surface area contributed by atoms with E-state index in [4.69, 9.17) is 14.2 Å². The summed E-state index contributed by atoms with van der Waals surface area (Å²) in [4.78, 5) is 18.3. The van der Waals surface area contributed by atoms with Crippen LogP contribution in [0.1, 0.15) is 12.8 Å². The van der Waals surface area contributed by atoms with E-state index < -0.39 is 0 Å². The third kappa shape index (κ3) is 4.56. The van der Waals surface area contributed by atoms with Gasteiger partial charge in [0.25, 0.3) is 5.91 Å². The van der Waals surface area contributed by atoms with Crippen molar-refractivity contribution in [3.05, 3.63) is 54.7 Å². The van der Waals surface area contributed by atoms with E-state index in [1.807, 2.05) is 42.5 Å². The Morgan fingerprint density at radius 2 is 2.00 bits per heavy atom. The van der Waals surface area contributed by atoms with Crippen LogP contribution in [0.4, 0.5) is 5.69 Å². The van der Waals surface area contributed by atoms with Gasteiger partial charge in [-0.25, -0.2) is 4.98 Å². The van der Waals surface area contributed by atoms with E-state index in [0.717, 1.165) is 49.0 Å². The van der Waals surface area contributed by atoms with Crippen LogP contribution in [0.25, 0.3) is 10.8 Å². The molecule has 3 heterocycles. The Hall–Kier alpha value is -3.32. The van der Waals surface area contributed by atoms with Crippen LogP contribution in [0.15, 0.2) is 54.7 Å². The molecule has 1 saturated heterocycles. The number of anilines is 1. The molecule has 2 aliphatic heterocycles. The molecule has 1 N–H and O–H groups in total. The minimum absolute atomic E-state index is 0.0614. The van der Waals surface area contributed by atoms with Crippen LogP contribution in [0, 0.1) is 0 Å². The number of ether oxygens (including phenoxy) is 3. The third-order valence-corrected chi connectivity index (χ3v) is 5.70. The number of rotatable bonds is 6. The van der Waals surface area contributed by atoms with E-state index in [2.05, 4.69) is 21.3 Å². The summed E-state index contributed by atoms with van der Waals surface area (Å²) >= 11 is 0. The number of benzene rings is 2. The molecule has 0 radical (unpaired) electrons. The third-order valence-electron chi connectivity index (χ3n) is 5.70. The van der Waals surface area contributed by atoms with Gasteiger partial charge in [-0.15, -0.1) is 0 Å². The normalized spacial score (nSPS) is 17.0. The number of nitrogens with one attached hydrogen (secondary N) is 1. The topological polar surface area (TPSA) is 72.9 Å². The number of fused-ring (bicyclic) bond motifs is 2. The highest BCUT2D eigenvalue weighted by atomic mass is 16.5. The molecule has 1 aromatic heterocycles. The summed E-state index contributed by atoms with van der Waals surface area (Å²) in [6, 6.07) is 15.7. The molecule has 7 nitrogen and oxygen atoms in total. The van der Waals surface area contributed by atoms with Crippen molar-refractivity contribution in [2.75, 3.05) is 38.2 Å². The Morgan fingerprint density at radius 3 is 2.90 bits per heavy atom. The number of likely N-dealkylation sites (tertiary alicyclic amines) is 1. The number of nitrogens with zero attached hydrogens (tertiary/aromatic N) is 2. The molecule has 0 bridgehead atoms. The van der Waals surface area contributed by atoms with Gasteiger partial charge in [-0.05, 0) is 42.5 Å². The second kappa shape index (κ2) is 8.81. The molecule has 0 aliphatic carbocycles. The maximum Gasteiger partial charge on any atom is 0.262 e. The van der Waals surface area contributed by atoms with Gasteiger partial charge in [0.05, 0.1) is 5.69 Å². The number of aromatic nitrogens is 1. The molecule has 31 heavy (non-hydrogen) atoms. The fourth-order valence-corrected chi connectivity index (χ4v) is 4.06. The number of hydrogen-bond donors (Lipinski definition) is 1. The Bertz CT molecular complexity index is 1070. The number of amides is 1. The van der Waals surface area contributed by atoms with E-state index in [1.165, 1.54) is 0 Å². The summed E-state index contributed by atoms with van der Waals surface area (Å²) in [6.07, 6.45) is 3.85. The Balaban J connectivity index is 1.09. The van der Waals surface area contributed by atoms with Crippen LogP contribution in [-0.2, 0) is 4.79 Å². The lowest BCUT2D eigenvalue weighted by Crippen LogP contribution is -2.40. The number of carbonyl (C=O) groups excluding carboxylic acids is 1. The van der Waals surface area contributed by atoms with Crippen molar-refractivity contribution in [3.8, 4) is 17.4 Å². The van der Waals surface area contributed by atoms with Crippen LogP contribution in [-0.4, -0.2) is 54.7 Å². The lowest BCUT2D eigenvalue weighted by atomic mass is 10.1. The van der Waals surface area contributed by atoms with Gasteiger partial charge in [-0.3, -0.25) is 9.69 Å². The lowest BCUT2D eigenvalue weighted by molar-refractivity contribution is -0.118. The molecule has 1 fully saturated rings. The molecular weight excluding hydrogens is 394 g/mol. The zero-order valence-corrected chi connectivity index (χ0v) is 17.3. The first-order valence-electron chi connectivity index (χ1n) is 10.7. The number of pyridine rings is 1. The Morgan fingerprint density at radius 1 is 1.13 bits per heavy atom. The second-order valence-corrected chi connectivity index (χ2v) is 7.84. The highest BCUT2D eigenvalue weighted by Gasteiger charge is 2.22. The van der Waals surface area contributed by atoms with Gasteiger partial charge in [-0.1, -0.05) is 18.2 Å². The van der Waals surface area contributed by atoms with Crippen molar-refractivity contribution in [3.63, 3.8) is 0 Å². The average molecular weight is 419 g/mol. The quantitative estimate of drug-likeness (QED) is 0.660. The van der Waals surface area contributed by atoms with E-state index in [0.29, 0.717) is 23.9 Å². The van der Waals surface area contributed by atoms with Crippen LogP contribution in [0.3, 0.4) is 0 Å². The van der Waals surface area contributed by atoms with Crippen LogP contribution < -0.4 is 19.5 Å². The number of carbonyl (C=O) groups is 1. The molecule has 2 aliphatic rings. The summed E-state index contributed by atoms with van der Waals surface area (Å²) in [7, 11) is 0. The maximum atomic E-state index is 11.5. The molecule has 0 unspecified atom stereocenters. The highest BCUT2D eigenvalue weighted by molar-refractivity contribution is 5.95. The first-order valence-corrected chi connectivity index (χ1v) is 10.7. The summed E-state index contributed by atoms with van der Waals surface area (Å²) < 4.78 is 17.5.